The Balaban J connectivity index is 2.01. The molecule has 0 aliphatic heterocycles. The maximum Gasteiger partial charge on any atom is 0.342 e. The molecule has 0 saturated heterocycles. The standard InChI is InChI=1S/C17H16ClNO5/c1-9-4-5-13(12(18)6-9)19-14(20)8-23-17(22)16-10(2)7-15(21)24-11(16)3/h4-7H,8H2,1-3H3,(H,19,20). The number of hydrogen-bond acceptors (Lipinski definition) is 5. The van der Waals surface area contributed by atoms with Crippen LogP contribution in [0.5, 0.6) is 0 Å². The first-order chi connectivity index (χ1) is 11.3. The number of halogens is 1. The van der Waals surface area contributed by atoms with Crippen LogP contribution < -0.4 is 10.9 Å². The van der Waals surface area contributed by atoms with Crippen LogP contribution >= 0.6 is 11.6 Å². The molecule has 2 rings (SSSR count). The lowest BCUT2D eigenvalue weighted by Gasteiger charge is -2.10. The van der Waals surface area contributed by atoms with Crippen molar-refractivity contribution in [2.75, 3.05) is 11.9 Å². The fourth-order valence-corrected chi connectivity index (χ4v) is 2.46. The molecule has 6 nitrogen and oxygen atoms in total. The summed E-state index contributed by atoms with van der Waals surface area (Å²) in [4.78, 5) is 35.2. The van der Waals surface area contributed by atoms with E-state index in [0.717, 1.165) is 5.56 Å². The third-order valence-corrected chi connectivity index (χ3v) is 3.58. The first kappa shape index (κ1) is 17.7. The zero-order valence-corrected chi connectivity index (χ0v) is 14.2. The van der Waals surface area contributed by atoms with Gasteiger partial charge < -0.3 is 14.5 Å². The second-order valence-corrected chi connectivity index (χ2v) is 5.69. The summed E-state index contributed by atoms with van der Waals surface area (Å²) in [6.07, 6.45) is 0. The number of esters is 1. The third-order valence-electron chi connectivity index (χ3n) is 3.27. The summed E-state index contributed by atoms with van der Waals surface area (Å²) in [6, 6.07) is 6.36. The summed E-state index contributed by atoms with van der Waals surface area (Å²) >= 11 is 6.02. The van der Waals surface area contributed by atoms with Gasteiger partial charge in [-0.2, -0.15) is 0 Å². The van der Waals surface area contributed by atoms with Gasteiger partial charge in [-0.25, -0.2) is 9.59 Å². The molecule has 24 heavy (non-hydrogen) atoms. The second kappa shape index (κ2) is 7.31. The van der Waals surface area contributed by atoms with Gasteiger partial charge in [0.1, 0.15) is 11.3 Å². The maximum absolute atomic E-state index is 12.1. The lowest BCUT2D eigenvalue weighted by atomic mass is 10.1. The summed E-state index contributed by atoms with van der Waals surface area (Å²) in [6.45, 7) is 4.47. The predicted octanol–water partition coefficient (Wildman–Crippen LogP) is 3.01. The normalized spacial score (nSPS) is 10.3. The van der Waals surface area contributed by atoms with E-state index in [1.165, 1.54) is 13.0 Å². The van der Waals surface area contributed by atoms with Crippen molar-refractivity contribution in [1.82, 2.24) is 0 Å². The fourth-order valence-electron chi connectivity index (χ4n) is 2.17. The van der Waals surface area contributed by atoms with E-state index in [1.807, 2.05) is 6.92 Å². The quantitative estimate of drug-likeness (QED) is 0.857. The summed E-state index contributed by atoms with van der Waals surface area (Å²) in [5.41, 5.74) is 1.40. The van der Waals surface area contributed by atoms with E-state index in [-0.39, 0.29) is 11.3 Å². The van der Waals surface area contributed by atoms with Crippen molar-refractivity contribution in [2.45, 2.75) is 20.8 Å². The number of carbonyl (C=O) groups excluding carboxylic acids is 2. The van der Waals surface area contributed by atoms with E-state index < -0.39 is 24.1 Å². The Morgan fingerprint density at radius 1 is 1.21 bits per heavy atom. The summed E-state index contributed by atoms with van der Waals surface area (Å²) in [7, 11) is 0. The van der Waals surface area contributed by atoms with Crippen molar-refractivity contribution in [1.29, 1.82) is 0 Å². The van der Waals surface area contributed by atoms with Crippen molar-refractivity contribution in [3.63, 3.8) is 0 Å². The van der Waals surface area contributed by atoms with E-state index >= 15 is 0 Å². The molecule has 2 aromatic rings. The van der Waals surface area contributed by atoms with Gasteiger partial charge in [-0.05, 0) is 44.0 Å². The SMILES string of the molecule is Cc1ccc(NC(=O)COC(=O)c2c(C)cc(=O)oc2C)c(Cl)c1. The molecule has 1 aromatic carbocycles. The summed E-state index contributed by atoms with van der Waals surface area (Å²) < 4.78 is 9.84. The number of nitrogens with one attached hydrogen (secondary N) is 1. The highest BCUT2D eigenvalue weighted by Gasteiger charge is 2.18. The predicted molar refractivity (Wildman–Crippen MR) is 89.6 cm³/mol. The van der Waals surface area contributed by atoms with Crippen LogP contribution in [0.3, 0.4) is 0 Å². The van der Waals surface area contributed by atoms with Gasteiger partial charge in [0, 0.05) is 6.07 Å². The highest BCUT2D eigenvalue weighted by molar-refractivity contribution is 6.33. The van der Waals surface area contributed by atoms with Gasteiger partial charge >= 0.3 is 11.6 Å². The highest BCUT2D eigenvalue weighted by atomic mass is 35.5. The Kier molecular flexibility index (Phi) is 5.41. The molecular weight excluding hydrogens is 334 g/mol. The van der Waals surface area contributed by atoms with Crippen LogP contribution in [0.2, 0.25) is 5.02 Å². The van der Waals surface area contributed by atoms with Gasteiger partial charge in [0.15, 0.2) is 6.61 Å². The molecule has 0 aliphatic rings. The van der Waals surface area contributed by atoms with Gasteiger partial charge in [0.25, 0.3) is 5.91 Å². The number of benzene rings is 1. The van der Waals surface area contributed by atoms with E-state index in [2.05, 4.69) is 5.32 Å². The molecule has 1 amide bonds. The van der Waals surface area contributed by atoms with Crippen LogP contribution in [-0.4, -0.2) is 18.5 Å². The highest BCUT2D eigenvalue weighted by Crippen LogP contribution is 2.22. The zero-order chi connectivity index (χ0) is 17.9. The molecule has 0 fully saturated rings. The van der Waals surface area contributed by atoms with E-state index in [1.54, 1.807) is 25.1 Å². The molecule has 0 bridgehead atoms. The molecule has 0 saturated carbocycles. The molecule has 1 N–H and O–H groups in total. The minimum absolute atomic E-state index is 0.135. The van der Waals surface area contributed by atoms with Gasteiger partial charge in [0.2, 0.25) is 0 Å². The first-order valence-corrected chi connectivity index (χ1v) is 7.50. The number of hydrogen-bond donors (Lipinski definition) is 1. The Bertz CT molecular complexity index is 830. The topological polar surface area (TPSA) is 85.6 Å². The molecule has 126 valence electrons. The minimum Gasteiger partial charge on any atom is -0.452 e. The summed E-state index contributed by atoms with van der Waals surface area (Å²) in [5.74, 6) is -1.12. The monoisotopic (exact) mass is 349 g/mol. The van der Waals surface area contributed by atoms with Crippen molar-refractivity contribution < 1.29 is 18.7 Å². The Hall–Kier alpha value is -2.60. The molecule has 0 spiro atoms. The van der Waals surface area contributed by atoms with Crippen molar-refractivity contribution in [3.05, 3.63) is 62.2 Å². The van der Waals surface area contributed by atoms with Crippen LogP contribution in [0.25, 0.3) is 0 Å². The maximum atomic E-state index is 12.1. The smallest absolute Gasteiger partial charge is 0.342 e. The van der Waals surface area contributed by atoms with E-state index in [9.17, 15) is 14.4 Å². The van der Waals surface area contributed by atoms with Crippen LogP contribution in [-0.2, 0) is 9.53 Å². The molecule has 0 unspecified atom stereocenters. The molecule has 0 aliphatic carbocycles. The average molecular weight is 350 g/mol. The second-order valence-electron chi connectivity index (χ2n) is 5.29. The lowest BCUT2D eigenvalue weighted by molar-refractivity contribution is -0.119. The molecule has 1 heterocycles. The number of ether oxygens (including phenoxy) is 1. The van der Waals surface area contributed by atoms with Crippen LogP contribution in [0.4, 0.5) is 5.69 Å². The number of rotatable bonds is 4. The van der Waals surface area contributed by atoms with Crippen molar-refractivity contribution >= 4 is 29.2 Å². The van der Waals surface area contributed by atoms with Gasteiger partial charge in [0.05, 0.1) is 10.7 Å². The number of amides is 1. The molecule has 1 aromatic heterocycles. The third kappa shape index (κ3) is 4.23. The van der Waals surface area contributed by atoms with Crippen LogP contribution in [0.1, 0.15) is 27.2 Å². The molecular formula is C17H16ClNO5. The van der Waals surface area contributed by atoms with E-state index in [0.29, 0.717) is 16.3 Å². The number of aryl methyl sites for hydroxylation is 3. The van der Waals surface area contributed by atoms with E-state index in [4.69, 9.17) is 20.8 Å². The molecule has 0 atom stereocenters. The Morgan fingerprint density at radius 2 is 1.92 bits per heavy atom. The molecule has 0 radical (unpaired) electrons. The minimum atomic E-state index is -0.737. The average Bonchev–Trinajstić information content (AvgIpc) is 2.47. The fraction of sp³-hybridized carbons (Fsp3) is 0.235. The van der Waals surface area contributed by atoms with Crippen LogP contribution in [0, 0.1) is 20.8 Å². The van der Waals surface area contributed by atoms with Crippen molar-refractivity contribution in [3.8, 4) is 0 Å². The molecule has 7 heteroatoms. The van der Waals surface area contributed by atoms with Crippen molar-refractivity contribution in [2.24, 2.45) is 0 Å². The van der Waals surface area contributed by atoms with Gasteiger partial charge in [-0.1, -0.05) is 17.7 Å². The lowest BCUT2D eigenvalue weighted by Crippen LogP contribution is -2.22. The summed E-state index contributed by atoms with van der Waals surface area (Å²) in [5, 5.41) is 2.96. The Morgan fingerprint density at radius 3 is 2.54 bits per heavy atom. The number of anilines is 1. The first-order valence-electron chi connectivity index (χ1n) is 7.12. The van der Waals surface area contributed by atoms with Gasteiger partial charge in [-0.15, -0.1) is 0 Å². The van der Waals surface area contributed by atoms with Gasteiger partial charge in [-0.3, -0.25) is 4.79 Å². The van der Waals surface area contributed by atoms with Crippen LogP contribution in [0.15, 0.2) is 33.5 Å². The largest absolute Gasteiger partial charge is 0.452 e. The Labute approximate surface area is 143 Å². The zero-order valence-electron chi connectivity index (χ0n) is 13.4. The number of carbonyl (C=O) groups is 2.